The molecule has 0 bridgehead atoms. The van der Waals surface area contributed by atoms with Crippen LogP contribution in [-0.2, 0) is 4.79 Å². The van der Waals surface area contributed by atoms with Gasteiger partial charge < -0.3 is 15.1 Å². The molecule has 5 aromatic rings. The summed E-state index contributed by atoms with van der Waals surface area (Å²) < 4.78 is 32.9. The quantitative estimate of drug-likeness (QED) is 0.201. The maximum atomic E-state index is 17.8. The predicted molar refractivity (Wildman–Crippen MR) is 188 cm³/mol. The van der Waals surface area contributed by atoms with Crippen LogP contribution in [0.4, 0.5) is 14.5 Å². The first-order valence-electron chi connectivity index (χ1n) is 15.9. The standard InChI is InChI=1S/C36H36ClF2N7O3/c1-17(2)30-31(19(4)10-11-41-30)46-33-22(14-24(37)27(29(33)39)26-18(3)8-9-25-23(26)15-42-43-25)32(28(36(46)49)34(47)40-7)45-13-12-44(16-20(45)5)35(48)21(6)38/h8-11,14-15,17,20H,6,12-13,16H2,1-5,7H3,(H,40,47)(H,42,43)/t20-/m0/s1. The summed E-state index contributed by atoms with van der Waals surface area (Å²) in [4.78, 5) is 48.9. The molecule has 49 heavy (non-hydrogen) atoms. The van der Waals surface area contributed by atoms with Crippen LogP contribution in [0.15, 0.2) is 53.9 Å². The highest BCUT2D eigenvalue weighted by Crippen LogP contribution is 2.44. The van der Waals surface area contributed by atoms with E-state index in [-0.39, 0.29) is 58.3 Å². The minimum atomic E-state index is -1.09. The molecule has 13 heteroatoms. The van der Waals surface area contributed by atoms with E-state index in [9.17, 15) is 18.8 Å². The number of benzene rings is 2. The van der Waals surface area contributed by atoms with Gasteiger partial charge in [0.05, 0.1) is 39.3 Å². The zero-order chi connectivity index (χ0) is 35.5. The first-order chi connectivity index (χ1) is 23.3. The minimum absolute atomic E-state index is 0.0540. The summed E-state index contributed by atoms with van der Waals surface area (Å²) >= 11 is 7.05. The van der Waals surface area contributed by atoms with Gasteiger partial charge in [-0.3, -0.25) is 29.0 Å². The van der Waals surface area contributed by atoms with Crippen LogP contribution in [0.1, 0.15) is 53.9 Å². The molecule has 1 aliphatic heterocycles. The molecule has 4 heterocycles. The van der Waals surface area contributed by atoms with Crippen molar-refractivity contribution in [3.8, 4) is 16.8 Å². The smallest absolute Gasteiger partial charge is 0.282 e. The number of carbonyl (C=O) groups is 2. The van der Waals surface area contributed by atoms with Crippen molar-refractivity contribution in [3.63, 3.8) is 0 Å². The van der Waals surface area contributed by atoms with Crippen molar-refractivity contribution in [3.05, 3.63) is 92.6 Å². The molecule has 6 rings (SSSR count). The Morgan fingerprint density at radius 3 is 2.49 bits per heavy atom. The van der Waals surface area contributed by atoms with Crippen LogP contribution in [0.5, 0.6) is 0 Å². The van der Waals surface area contributed by atoms with Gasteiger partial charge in [-0.2, -0.15) is 5.10 Å². The number of hydrogen-bond donors (Lipinski definition) is 2. The van der Waals surface area contributed by atoms with Crippen molar-refractivity contribution >= 4 is 50.9 Å². The van der Waals surface area contributed by atoms with Crippen molar-refractivity contribution in [2.75, 3.05) is 31.6 Å². The fourth-order valence-corrected chi connectivity index (χ4v) is 7.20. The summed E-state index contributed by atoms with van der Waals surface area (Å²) in [6.45, 7) is 12.6. The lowest BCUT2D eigenvalue weighted by atomic mass is 9.93. The van der Waals surface area contributed by atoms with E-state index in [1.165, 1.54) is 16.5 Å². The second-order valence-electron chi connectivity index (χ2n) is 12.7. The molecule has 1 aliphatic rings. The van der Waals surface area contributed by atoms with Gasteiger partial charge in [0.25, 0.3) is 17.4 Å². The monoisotopic (exact) mass is 687 g/mol. The van der Waals surface area contributed by atoms with E-state index in [0.29, 0.717) is 33.4 Å². The average Bonchev–Trinajstić information content (AvgIpc) is 3.54. The molecule has 254 valence electrons. The summed E-state index contributed by atoms with van der Waals surface area (Å²) in [7, 11) is 1.41. The fourth-order valence-electron chi connectivity index (χ4n) is 6.92. The number of pyridine rings is 2. The first-order valence-corrected chi connectivity index (χ1v) is 16.3. The van der Waals surface area contributed by atoms with E-state index in [1.807, 2.05) is 32.9 Å². The Morgan fingerprint density at radius 1 is 1.10 bits per heavy atom. The van der Waals surface area contributed by atoms with E-state index in [4.69, 9.17) is 11.6 Å². The number of fused-ring (bicyclic) bond motifs is 2. The second-order valence-corrected chi connectivity index (χ2v) is 13.1. The molecule has 2 N–H and O–H groups in total. The normalized spacial score (nSPS) is 15.0. The van der Waals surface area contributed by atoms with Crippen LogP contribution in [0.2, 0.25) is 5.02 Å². The molecule has 1 fully saturated rings. The molecular formula is C36H36ClF2N7O3. The van der Waals surface area contributed by atoms with Gasteiger partial charge in [0.1, 0.15) is 5.56 Å². The number of carbonyl (C=O) groups excluding carboxylic acids is 2. The maximum absolute atomic E-state index is 17.8. The Balaban J connectivity index is 1.79. The molecule has 1 saturated heterocycles. The number of aromatic nitrogens is 4. The number of hydrogen-bond acceptors (Lipinski definition) is 6. The Hall–Kier alpha value is -5.10. The lowest BCUT2D eigenvalue weighted by Gasteiger charge is -2.42. The summed E-state index contributed by atoms with van der Waals surface area (Å²) in [5, 5.41) is 10.6. The van der Waals surface area contributed by atoms with Gasteiger partial charge in [0, 0.05) is 60.8 Å². The number of anilines is 1. The number of rotatable bonds is 6. The predicted octanol–water partition coefficient (Wildman–Crippen LogP) is 6.34. The molecule has 0 saturated carbocycles. The van der Waals surface area contributed by atoms with E-state index in [0.717, 1.165) is 5.56 Å². The molecule has 2 aromatic carbocycles. The summed E-state index contributed by atoms with van der Waals surface area (Å²) in [5.74, 6) is -3.56. The van der Waals surface area contributed by atoms with Gasteiger partial charge in [-0.25, -0.2) is 8.78 Å². The van der Waals surface area contributed by atoms with Crippen molar-refractivity contribution < 1.29 is 18.4 Å². The summed E-state index contributed by atoms with van der Waals surface area (Å²) in [6.07, 6.45) is 3.23. The zero-order valence-corrected chi connectivity index (χ0v) is 28.8. The van der Waals surface area contributed by atoms with E-state index < -0.39 is 35.1 Å². The van der Waals surface area contributed by atoms with E-state index >= 15 is 4.39 Å². The van der Waals surface area contributed by atoms with Crippen LogP contribution in [0, 0.1) is 19.7 Å². The third-order valence-electron chi connectivity index (χ3n) is 9.22. The van der Waals surface area contributed by atoms with E-state index in [1.54, 1.807) is 43.3 Å². The van der Waals surface area contributed by atoms with Crippen molar-refractivity contribution in [1.82, 2.24) is 30.0 Å². The Bertz CT molecular complexity index is 2260. The summed E-state index contributed by atoms with van der Waals surface area (Å²) in [5.41, 5.74) is 2.61. The number of aryl methyl sites for hydroxylation is 2. The Morgan fingerprint density at radius 2 is 1.84 bits per heavy atom. The van der Waals surface area contributed by atoms with Gasteiger partial charge in [0.2, 0.25) is 0 Å². The average molecular weight is 688 g/mol. The zero-order valence-electron chi connectivity index (χ0n) is 28.0. The minimum Gasteiger partial charge on any atom is -0.364 e. The molecule has 1 atom stereocenters. The van der Waals surface area contributed by atoms with Gasteiger partial charge in [0.15, 0.2) is 11.6 Å². The van der Waals surface area contributed by atoms with Crippen LogP contribution in [0.3, 0.4) is 0 Å². The van der Waals surface area contributed by atoms with Crippen LogP contribution in [-0.4, -0.2) is 69.2 Å². The van der Waals surface area contributed by atoms with Crippen LogP contribution < -0.4 is 15.8 Å². The SMILES string of the molecule is C=C(F)C(=O)N1CCN(c2c(C(=O)NC)c(=O)n(-c3c(C)ccnc3C(C)C)c3c(F)c(-c4c(C)ccc5[nH]ncc45)c(Cl)cc23)[C@@H](C)C1. The molecule has 0 unspecified atom stereocenters. The molecule has 0 aliphatic carbocycles. The lowest BCUT2D eigenvalue weighted by Crippen LogP contribution is -2.54. The van der Waals surface area contributed by atoms with Crippen molar-refractivity contribution in [1.29, 1.82) is 0 Å². The fraction of sp³-hybridized carbons (Fsp3) is 0.306. The lowest BCUT2D eigenvalue weighted by molar-refractivity contribution is -0.129. The number of amides is 2. The summed E-state index contributed by atoms with van der Waals surface area (Å²) in [6, 6.07) is 6.47. The number of aromatic amines is 1. The van der Waals surface area contributed by atoms with Crippen molar-refractivity contribution in [2.45, 2.75) is 46.6 Å². The van der Waals surface area contributed by atoms with Gasteiger partial charge >= 0.3 is 0 Å². The molecule has 0 radical (unpaired) electrons. The number of piperazine rings is 1. The van der Waals surface area contributed by atoms with Crippen molar-refractivity contribution in [2.24, 2.45) is 0 Å². The molecule has 2 amide bonds. The number of nitrogens with zero attached hydrogens (tertiary/aromatic N) is 5. The molecule has 0 spiro atoms. The van der Waals surface area contributed by atoms with E-state index in [2.05, 4.69) is 27.1 Å². The third kappa shape index (κ3) is 5.44. The topological polar surface area (TPSA) is 116 Å². The Kier molecular flexibility index (Phi) is 8.78. The number of nitrogens with one attached hydrogen (secondary N) is 2. The molecule has 3 aromatic heterocycles. The maximum Gasteiger partial charge on any atom is 0.282 e. The number of H-pyrrole nitrogens is 1. The molecular weight excluding hydrogens is 652 g/mol. The third-order valence-corrected chi connectivity index (χ3v) is 9.52. The van der Waals surface area contributed by atoms with Gasteiger partial charge in [-0.05, 0) is 56.0 Å². The number of halogens is 3. The highest BCUT2D eigenvalue weighted by Gasteiger charge is 2.36. The Labute approximate surface area is 286 Å². The van der Waals surface area contributed by atoms with Crippen LogP contribution in [0.25, 0.3) is 38.6 Å². The van der Waals surface area contributed by atoms with Gasteiger partial charge in [-0.1, -0.05) is 38.1 Å². The largest absolute Gasteiger partial charge is 0.364 e. The van der Waals surface area contributed by atoms with Gasteiger partial charge in [-0.15, -0.1) is 0 Å². The van der Waals surface area contributed by atoms with Crippen LogP contribution >= 0.6 is 11.6 Å². The molecule has 10 nitrogen and oxygen atoms in total. The first kappa shape index (κ1) is 33.8. The highest BCUT2D eigenvalue weighted by atomic mass is 35.5. The second kappa shape index (κ2) is 12.7. The highest BCUT2D eigenvalue weighted by molar-refractivity contribution is 6.35.